The summed E-state index contributed by atoms with van der Waals surface area (Å²) in [6.07, 6.45) is 0. The third-order valence-corrected chi connectivity index (χ3v) is 4.30. The van der Waals surface area contributed by atoms with Crippen LogP contribution in [0.25, 0.3) is 11.3 Å². The average molecular weight is 389 g/mol. The predicted octanol–water partition coefficient (Wildman–Crippen LogP) is 2.42. The Morgan fingerprint density at radius 1 is 1.19 bits per heavy atom. The third-order valence-electron chi connectivity index (χ3n) is 3.44. The molecule has 27 heavy (non-hydrogen) atoms. The molecule has 1 heterocycles. The van der Waals surface area contributed by atoms with Crippen LogP contribution in [-0.2, 0) is 4.79 Å². The molecule has 0 radical (unpaired) electrons. The normalized spacial score (nSPS) is 10.6. The lowest BCUT2D eigenvalue weighted by Crippen LogP contribution is -2.18. The van der Waals surface area contributed by atoms with Crippen LogP contribution in [0.2, 0.25) is 0 Å². The molecule has 0 bridgehead atoms. The first-order valence-corrected chi connectivity index (χ1v) is 8.62. The molecule has 0 saturated heterocycles. The number of amides is 1. The van der Waals surface area contributed by atoms with E-state index in [9.17, 15) is 18.4 Å². The van der Waals surface area contributed by atoms with Gasteiger partial charge in [0.05, 0.1) is 11.4 Å². The van der Waals surface area contributed by atoms with Gasteiger partial charge in [-0.25, -0.2) is 8.78 Å². The summed E-state index contributed by atoms with van der Waals surface area (Å²) in [5.41, 5.74) is 6.08. The number of H-pyrrole nitrogens is 1. The lowest BCUT2D eigenvalue weighted by molar-refractivity contribution is -0.113. The van der Waals surface area contributed by atoms with Crippen molar-refractivity contribution >= 4 is 29.0 Å². The molecule has 0 unspecified atom stereocenters. The number of nitrogens with one attached hydrogen (secondary N) is 2. The lowest BCUT2D eigenvalue weighted by atomic mass is 10.1. The number of hydrogen-bond acceptors (Lipinski definition) is 6. The number of nitrogen functional groups attached to an aromatic ring is 1. The highest BCUT2D eigenvalue weighted by Gasteiger charge is 2.13. The number of nitrogens with zero attached hydrogens (tertiary/aromatic N) is 2. The maximum Gasteiger partial charge on any atom is 0.278 e. The molecule has 7 nitrogen and oxygen atoms in total. The van der Waals surface area contributed by atoms with E-state index in [0.717, 1.165) is 23.9 Å². The van der Waals surface area contributed by atoms with Crippen LogP contribution in [0.15, 0.2) is 52.4 Å². The molecule has 2 aromatic carbocycles. The smallest absolute Gasteiger partial charge is 0.278 e. The van der Waals surface area contributed by atoms with Crippen LogP contribution in [-0.4, -0.2) is 26.8 Å². The van der Waals surface area contributed by atoms with E-state index >= 15 is 0 Å². The maximum atomic E-state index is 13.5. The van der Waals surface area contributed by atoms with Crippen molar-refractivity contribution < 1.29 is 13.6 Å². The Hall–Kier alpha value is -3.27. The van der Waals surface area contributed by atoms with Crippen LogP contribution >= 0.6 is 11.8 Å². The molecule has 3 rings (SSSR count). The Kier molecular flexibility index (Phi) is 5.46. The first-order valence-electron chi connectivity index (χ1n) is 7.63. The minimum atomic E-state index is -0.883. The van der Waals surface area contributed by atoms with E-state index in [1.165, 1.54) is 0 Å². The zero-order valence-electron chi connectivity index (χ0n) is 13.7. The molecule has 0 saturated carbocycles. The number of hydrogen-bond donors (Lipinski definition) is 3. The van der Waals surface area contributed by atoms with Crippen molar-refractivity contribution in [2.24, 2.45) is 0 Å². The maximum absolute atomic E-state index is 13.5. The Labute approximate surface area is 156 Å². The first-order chi connectivity index (χ1) is 12.9. The predicted molar refractivity (Wildman–Crippen MR) is 98.2 cm³/mol. The van der Waals surface area contributed by atoms with Crippen LogP contribution in [0.4, 0.5) is 20.2 Å². The van der Waals surface area contributed by atoms with Gasteiger partial charge in [-0.15, -0.1) is 10.2 Å². The number of rotatable bonds is 5. The van der Waals surface area contributed by atoms with Crippen LogP contribution in [0.5, 0.6) is 0 Å². The van der Waals surface area contributed by atoms with Gasteiger partial charge >= 0.3 is 0 Å². The number of thioether (sulfide) groups is 1. The number of halogens is 2. The molecule has 0 atom stereocenters. The first kappa shape index (κ1) is 18.5. The molecule has 0 aliphatic rings. The van der Waals surface area contributed by atoms with Crippen molar-refractivity contribution in [1.82, 2.24) is 15.2 Å². The van der Waals surface area contributed by atoms with Gasteiger partial charge in [0.2, 0.25) is 5.91 Å². The molecule has 0 aliphatic heterocycles. The Bertz CT molecular complexity index is 1060. The van der Waals surface area contributed by atoms with Crippen molar-refractivity contribution in [2.45, 2.75) is 5.16 Å². The number of nitrogens with two attached hydrogens (primary N) is 1. The second-order valence-electron chi connectivity index (χ2n) is 5.36. The molecule has 3 aromatic rings. The van der Waals surface area contributed by atoms with Gasteiger partial charge in [0.25, 0.3) is 5.56 Å². The second kappa shape index (κ2) is 7.96. The summed E-state index contributed by atoms with van der Waals surface area (Å²) in [6, 6.07) is 9.54. The van der Waals surface area contributed by atoms with Crippen molar-refractivity contribution in [3.05, 3.63) is 64.5 Å². The summed E-state index contributed by atoms with van der Waals surface area (Å²) in [5, 5.41) is 10.2. The zero-order valence-corrected chi connectivity index (χ0v) is 14.5. The van der Waals surface area contributed by atoms with Crippen LogP contribution in [0.1, 0.15) is 0 Å². The SMILES string of the molecule is Nc1ccccc1-c1nnc(SCC(=O)Nc2ccc(F)cc2F)[nH]c1=O. The Morgan fingerprint density at radius 2 is 1.96 bits per heavy atom. The molecule has 0 fully saturated rings. The number of carbonyl (C=O) groups excluding carboxylic acids is 1. The number of carbonyl (C=O) groups is 1. The zero-order chi connectivity index (χ0) is 19.4. The highest BCUT2D eigenvalue weighted by molar-refractivity contribution is 7.99. The summed E-state index contributed by atoms with van der Waals surface area (Å²) in [4.78, 5) is 26.6. The monoisotopic (exact) mass is 389 g/mol. The van der Waals surface area contributed by atoms with Crippen molar-refractivity contribution in [2.75, 3.05) is 16.8 Å². The molecule has 1 amide bonds. The van der Waals surface area contributed by atoms with Crippen molar-refractivity contribution in [3.8, 4) is 11.3 Å². The van der Waals surface area contributed by atoms with Gasteiger partial charge in [0.1, 0.15) is 11.6 Å². The number of aromatic nitrogens is 3. The molecular formula is C17H13F2N5O2S. The van der Waals surface area contributed by atoms with Crippen LogP contribution < -0.4 is 16.6 Å². The second-order valence-corrected chi connectivity index (χ2v) is 6.32. The average Bonchev–Trinajstić information content (AvgIpc) is 2.63. The van der Waals surface area contributed by atoms with Gasteiger partial charge in [0, 0.05) is 17.3 Å². The molecule has 0 aliphatic carbocycles. The lowest BCUT2D eigenvalue weighted by Gasteiger charge is -2.06. The van der Waals surface area contributed by atoms with Gasteiger partial charge in [-0.3, -0.25) is 14.6 Å². The third kappa shape index (κ3) is 4.47. The molecule has 138 valence electrons. The highest BCUT2D eigenvalue weighted by atomic mass is 32.2. The molecule has 4 N–H and O–H groups in total. The number of anilines is 2. The van der Waals surface area contributed by atoms with E-state index < -0.39 is 23.1 Å². The van der Waals surface area contributed by atoms with Crippen LogP contribution in [0, 0.1) is 11.6 Å². The molecule has 0 spiro atoms. The van der Waals surface area contributed by atoms with E-state index in [-0.39, 0.29) is 22.3 Å². The fourth-order valence-electron chi connectivity index (χ4n) is 2.19. The molecule has 1 aromatic heterocycles. The van der Waals surface area contributed by atoms with E-state index in [1.54, 1.807) is 24.3 Å². The summed E-state index contributed by atoms with van der Waals surface area (Å²) in [6.45, 7) is 0. The standard InChI is InChI=1S/C17H13F2N5O2S/c18-9-5-6-13(11(19)7-9)21-14(25)8-27-17-22-16(26)15(23-24-17)10-3-1-2-4-12(10)20/h1-7H,8,20H2,(H,21,25)(H,22,24,26). The van der Waals surface area contributed by atoms with E-state index in [1.807, 2.05) is 0 Å². The Balaban J connectivity index is 1.66. The van der Waals surface area contributed by atoms with Crippen molar-refractivity contribution in [1.29, 1.82) is 0 Å². The largest absolute Gasteiger partial charge is 0.398 e. The van der Waals surface area contributed by atoms with Gasteiger partial charge in [-0.05, 0) is 18.2 Å². The van der Waals surface area contributed by atoms with Gasteiger partial charge in [-0.1, -0.05) is 30.0 Å². The summed E-state index contributed by atoms with van der Waals surface area (Å²) in [7, 11) is 0. The van der Waals surface area contributed by atoms with Gasteiger partial charge < -0.3 is 11.1 Å². The number of para-hydroxylation sites is 1. The van der Waals surface area contributed by atoms with Gasteiger partial charge in [-0.2, -0.15) is 0 Å². The summed E-state index contributed by atoms with van der Waals surface area (Å²) >= 11 is 0.910. The van der Waals surface area contributed by atoms with E-state index in [2.05, 4.69) is 20.5 Å². The highest BCUT2D eigenvalue weighted by Crippen LogP contribution is 2.21. The van der Waals surface area contributed by atoms with Crippen LogP contribution in [0.3, 0.4) is 0 Å². The van der Waals surface area contributed by atoms with Gasteiger partial charge in [0.15, 0.2) is 10.9 Å². The minimum Gasteiger partial charge on any atom is -0.398 e. The van der Waals surface area contributed by atoms with E-state index in [4.69, 9.17) is 5.73 Å². The molecular weight excluding hydrogens is 376 g/mol. The van der Waals surface area contributed by atoms with Crippen molar-refractivity contribution in [3.63, 3.8) is 0 Å². The fraction of sp³-hybridized carbons (Fsp3) is 0.0588. The quantitative estimate of drug-likeness (QED) is 0.456. The minimum absolute atomic E-state index is 0.0651. The number of aromatic amines is 1. The fourth-order valence-corrected chi connectivity index (χ4v) is 2.79. The number of benzene rings is 2. The Morgan fingerprint density at radius 3 is 2.67 bits per heavy atom. The molecule has 10 heteroatoms. The topological polar surface area (TPSA) is 114 Å². The van der Waals surface area contributed by atoms with E-state index in [0.29, 0.717) is 17.3 Å². The summed E-state index contributed by atoms with van der Waals surface area (Å²) < 4.78 is 26.4. The summed E-state index contributed by atoms with van der Waals surface area (Å²) in [5.74, 6) is -2.34.